The summed E-state index contributed by atoms with van der Waals surface area (Å²) >= 11 is 7.36. The molecule has 1 N–H and O–H groups in total. The lowest BCUT2D eigenvalue weighted by atomic mass is 10.0. The summed E-state index contributed by atoms with van der Waals surface area (Å²) in [5.74, 6) is -0.119. The number of halogens is 1. The SMILES string of the molecule is CCCOc1ccccc1/C=C/C(=O)Nc1sc(C)c(-c2ccc(Cl)cc2)c1C(=O)OCC. The summed E-state index contributed by atoms with van der Waals surface area (Å²) in [6.07, 6.45) is 4.02. The highest BCUT2D eigenvalue weighted by molar-refractivity contribution is 7.17. The standard InChI is InChI=1S/C26H26ClNO4S/c1-4-16-32-21-9-7-6-8-18(21)12-15-22(29)28-25-24(26(30)31-5-2)23(17(3)33-25)19-10-13-20(27)14-11-19/h6-15H,4-5,16H2,1-3H3,(H,28,29)/b15-12+. The van der Waals surface area contributed by atoms with Crippen molar-refractivity contribution in [3.05, 3.63) is 75.6 Å². The molecular formula is C26H26ClNO4S. The third-order valence-corrected chi connectivity index (χ3v) is 6.00. The molecule has 5 nitrogen and oxygen atoms in total. The Balaban J connectivity index is 1.90. The molecule has 0 aliphatic heterocycles. The maximum atomic E-state index is 12.8. The zero-order valence-electron chi connectivity index (χ0n) is 18.8. The number of ether oxygens (including phenoxy) is 2. The molecule has 0 saturated heterocycles. The van der Waals surface area contributed by atoms with Crippen LogP contribution in [0.2, 0.25) is 5.02 Å². The number of carbonyl (C=O) groups is 2. The van der Waals surface area contributed by atoms with E-state index in [2.05, 4.69) is 5.32 Å². The lowest BCUT2D eigenvalue weighted by Gasteiger charge is -2.09. The molecular weight excluding hydrogens is 458 g/mol. The van der Waals surface area contributed by atoms with Crippen molar-refractivity contribution in [3.63, 3.8) is 0 Å². The number of carbonyl (C=O) groups excluding carboxylic acids is 2. The number of para-hydroxylation sites is 1. The number of esters is 1. The van der Waals surface area contributed by atoms with Crippen LogP contribution in [0.1, 0.15) is 41.1 Å². The summed E-state index contributed by atoms with van der Waals surface area (Å²) in [7, 11) is 0. The van der Waals surface area contributed by atoms with Gasteiger partial charge in [0, 0.05) is 27.1 Å². The van der Waals surface area contributed by atoms with Crippen LogP contribution in [0.25, 0.3) is 17.2 Å². The van der Waals surface area contributed by atoms with Gasteiger partial charge in [-0.25, -0.2) is 4.79 Å². The van der Waals surface area contributed by atoms with E-state index in [9.17, 15) is 9.59 Å². The molecule has 0 fully saturated rings. The molecule has 0 atom stereocenters. The molecule has 0 saturated carbocycles. The second-order valence-corrected chi connectivity index (χ2v) is 8.83. The second kappa shape index (κ2) is 11.7. The molecule has 7 heteroatoms. The van der Waals surface area contributed by atoms with Gasteiger partial charge in [0.15, 0.2) is 0 Å². The topological polar surface area (TPSA) is 64.6 Å². The third-order valence-electron chi connectivity index (χ3n) is 4.73. The van der Waals surface area contributed by atoms with E-state index >= 15 is 0 Å². The molecule has 0 spiro atoms. The summed E-state index contributed by atoms with van der Waals surface area (Å²) in [6.45, 7) is 6.52. The zero-order chi connectivity index (χ0) is 23.8. The van der Waals surface area contributed by atoms with Gasteiger partial charge in [-0.2, -0.15) is 0 Å². The molecule has 0 aliphatic carbocycles. The van der Waals surface area contributed by atoms with Crippen molar-refractivity contribution in [1.29, 1.82) is 0 Å². The summed E-state index contributed by atoms with van der Waals surface area (Å²) in [5.41, 5.74) is 2.70. The van der Waals surface area contributed by atoms with Crippen LogP contribution in [0.4, 0.5) is 5.00 Å². The van der Waals surface area contributed by atoms with Gasteiger partial charge in [0.2, 0.25) is 5.91 Å². The Bertz CT molecular complexity index is 1150. The lowest BCUT2D eigenvalue weighted by Crippen LogP contribution is -2.12. The highest BCUT2D eigenvalue weighted by Gasteiger charge is 2.25. The molecule has 1 heterocycles. The molecule has 0 radical (unpaired) electrons. The summed E-state index contributed by atoms with van der Waals surface area (Å²) in [6, 6.07) is 14.7. The van der Waals surface area contributed by atoms with Crippen LogP contribution in [0.3, 0.4) is 0 Å². The number of aryl methyl sites for hydroxylation is 1. The van der Waals surface area contributed by atoms with Gasteiger partial charge in [0.05, 0.1) is 13.2 Å². The number of amides is 1. The van der Waals surface area contributed by atoms with Gasteiger partial charge in [-0.05, 0) is 50.1 Å². The van der Waals surface area contributed by atoms with Gasteiger partial charge < -0.3 is 14.8 Å². The van der Waals surface area contributed by atoms with E-state index in [0.717, 1.165) is 28.0 Å². The average Bonchev–Trinajstić information content (AvgIpc) is 3.13. The molecule has 3 aromatic rings. The number of hydrogen-bond acceptors (Lipinski definition) is 5. The van der Waals surface area contributed by atoms with E-state index in [1.165, 1.54) is 17.4 Å². The Morgan fingerprint density at radius 3 is 2.52 bits per heavy atom. The first kappa shape index (κ1) is 24.6. The molecule has 2 aromatic carbocycles. The fraction of sp³-hybridized carbons (Fsp3) is 0.231. The fourth-order valence-electron chi connectivity index (χ4n) is 3.28. The predicted molar refractivity (Wildman–Crippen MR) is 135 cm³/mol. The number of rotatable bonds is 9. The monoisotopic (exact) mass is 483 g/mol. The largest absolute Gasteiger partial charge is 0.493 e. The number of benzene rings is 2. The van der Waals surface area contributed by atoms with Crippen LogP contribution in [0.15, 0.2) is 54.6 Å². The van der Waals surface area contributed by atoms with Crippen molar-refractivity contribution in [2.75, 3.05) is 18.5 Å². The number of hydrogen-bond donors (Lipinski definition) is 1. The first-order chi connectivity index (χ1) is 15.9. The fourth-order valence-corrected chi connectivity index (χ4v) is 4.47. The third kappa shape index (κ3) is 6.24. The van der Waals surface area contributed by atoms with E-state index in [4.69, 9.17) is 21.1 Å². The Morgan fingerprint density at radius 2 is 1.82 bits per heavy atom. The van der Waals surface area contributed by atoms with E-state index in [-0.39, 0.29) is 12.5 Å². The van der Waals surface area contributed by atoms with Crippen molar-refractivity contribution in [3.8, 4) is 16.9 Å². The summed E-state index contributed by atoms with van der Waals surface area (Å²) in [5, 5.41) is 3.90. The molecule has 0 unspecified atom stereocenters. The minimum atomic E-state index is -0.482. The second-order valence-electron chi connectivity index (χ2n) is 7.17. The van der Waals surface area contributed by atoms with E-state index in [1.807, 2.05) is 50.2 Å². The summed E-state index contributed by atoms with van der Waals surface area (Å²) < 4.78 is 11.0. The van der Waals surface area contributed by atoms with Gasteiger partial charge in [0.1, 0.15) is 16.3 Å². The molecule has 0 bridgehead atoms. The number of nitrogens with one attached hydrogen (secondary N) is 1. The molecule has 1 aromatic heterocycles. The van der Waals surface area contributed by atoms with Crippen molar-refractivity contribution >= 4 is 45.9 Å². The van der Waals surface area contributed by atoms with Crippen LogP contribution < -0.4 is 10.1 Å². The van der Waals surface area contributed by atoms with Crippen molar-refractivity contribution in [2.24, 2.45) is 0 Å². The molecule has 172 valence electrons. The van der Waals surface area contributed by atoms with Gasteiger partial charge in [0.25, 0.3) is 0 Å². The highest BCUT2D eigenvalue weighted by Crippen LogP contribution is 2.40. The zero-order valence-corrected chi connectivity index (χ0v) is 20.4. The maximum Gasteiger partial charge on any atom is 0.341 e. The quantitative estimate of drug-likeness (QED) is 0.263. The minimum Gasteiger partial charge on any atom is -0.493 e. The smallest absolute Gasteiger partial charge is 0.341 e. The predicted octanol–water partition coefficient (Wildman–Crippen LogP) is 6.99. The van der Waals surface area contributed by atoms with Crippen LogP contribution in [0, 0.1) is 6.92 Å². The Morgan fingerprint density at radius 1 is 1.09 bits per heavy atom. The van der Waals surface area contributed by atoms with Crippen LogP contribution in [0.5, 0.6) is 5.75 Å². The van der Waals surface area contributed by atoms with Crippen molar-refractivity contribution < 1.29 is 19.1 Å². The van der Waals surface area contributed by atoms with Crippen LogP contribution in [-0.4, -0.2) is 25.1 Å². The molecule has 33 heavy (non-hydrogen) atoms. The van der Waals surface area contributed by atoms with Gasteiger partial charge >= 0.3 is 5.97 Å². The number of anilines is 1. The van der Waals surface area contributed by atoms with Gasteiger partial charge in [-0.3, -0.25) is 4.79 Å². The minimum absolute atomic E-state index is 0.232. The Hall–Kier alpha value is -3.09. The Labute approximate surface area is 203 Å². The Kier molecular flexibility index (Phi) is 8.69. The summed E-state index contributed by atoms with van der Waals surface area (Å²) in [4.78, 5) is 26.4. The number of thiophene rings is 1. The molecule has 0 aliphatic rings. The van der Waals surface area contributed by atoms with Gasteiger partial charge in [-0.1, -0.05) is 48.9 Å². The van der Waals surface area contributed by atoms with E-state index in [0.29, 0.717) is 27.9 Å². The van der Waals surface area contributed by atoms with Crippen molar-refractivity contribution in [1.82, 2.24) is 0 Å². The highest BCUT2D eigenvalue weighted by atomic mass is 35.5. The molecule has 1 amide bonds. The first-order valence-corrected chi connectivity index (χ1v) is 11.9. The van der Waals surface area contributed by atoms with Crippen LogP contribution in [-0.2, 0) is 9.53 Å². The van der Waals surface area contributed by atoms with E-state index in [1.54, 1.807) is 25.1 Å². The maximum absolute atomic E-state index is 12.8. The van der Waals surface area contributed by atoms with E-state index < -0.39 is 5.97 Å². The normalized spacial score (nSPS) is 10.9. The average molecular weight is 484 g/mol. The molecule has 3 rings (SSSR count). The lowest BCUT2D eigenvalue weighted by molar-refractivity contribution is -0.111. The first-order valence-electron chi connectivity index (χ1n) is 10.7. The van der Waals surface area contributed by atoms with Gasteiger partial charge in [-0.15, -0.1) is 11.3 Å². The van der Waals surface area contributed by atoms with Crippen molar-refractivity contribution in [2.45, 2.75) is 27.2 Å². The van der Waals surface area contributed by atoms with Crippen LogP contribution >= 0.6 is 22.9 Å².